The van der Waals surface area contributed by atoms with Gasteiger partial charge in [-0.3, -0.25) is 0 Å². The van der Waals surface area contributed by atoms with Crippen LogP contribution in [0, 0.1) is 5.82 Å². The van der Waals surface area contributed by atoms with Crippen LogP contribution in [0.25, 0.3) is 0 Å². The first-order valence-corrected chi connectivity index (χ1v) is 5.86. The van der Waals surface area contributed by atoms with Gasteiger partial charge in [-0.15, -0.1) is 0 Å². The molecule has 0 atom stereocenters. The van der Waals surface area contributed by atoms with Gasteiger partial charge in [-0.2, -0.15) is 0 Å². The molecule has 0 fully saturated rings. The van der Waals surface area contributed by atoms with Crippen molar-refractivity contribution in [2.45, 2.75) is 13.2 Å². The predicted molar refractivity (Wildman–Crippen MR) is 66.1 cm³/mol. The summed E-state index contributed by atoms with van der Waals surface area (Å²) in [6.45, 7) is 0.225. The van der Waals surface area contributed by atoms with E-state index in [9.17, 15) is 4.39 Å². The zero-order valence-electron chi connectivity index (χ0n) is 8.91. The maximum atomic E-state index is 13.5. The van der Waals surface area contributed by atoms with Crippen molar-refractivity contribution in [3.63, 3.8) is 0 Å². The monoisotopic (exact) mass is 299 g/mol. The van der Waals surface area contributed by atoms with Crippen LogP contribution in [0.15, 0.2) is 39.2 Å². The highest BCUT2D eigenvalue weighted by atomic mass is 79.9. The number of aliphatic hydroxyl groups excluding tert-OH is 1. The van der Waals surface area contributed by atoms with E-state index in [-0.39, 0.29) is 12.4 Å². The fraction of sp³-hybridized carbons (Fsp3) is 0.167. The molecular formula is C12H11BrFNO2. The first kappa shape index (κ1) is 12.1. The molecule has 0 aliphatic rings. The fourth-order valence-electron chi connectivity index (χ4n) is 1.44. The molecule has 0 radical (unpaired) electrons. The Morgan fingerprint density at radius 2 is 2.00 bits per heavy atom. The van der Waals surface area contributed by atoms with Crippen molar-refractivity contribution in [1.29, 1.82) is 0 Å². The third kappa shape index (κ3) is 2.87. The van der Waals surface area contributed by atoms with Crippen LogP contribution in [0.4, 0.5) is 10.1 Å². The molecule has 2 N–H and O–H groups in total. The lowest BCUT2D eigenvalue weighted by molar-refractivity contribution is 0.244. The molecule has 0 saturated carbocycles. The van der Waals surface area contributed by atoms with Crippen molar-refractivity contribution in [2.24, 2.45) is 0 Å². The fourth-order valence-corrected chi connectivity index (χ4v) is 1.93. The minimum Gasteiger partial charge on any atom is -0.462 e. The molecule has 2 aromatic rings. The van der Waals surface area contributed by atoms with Crippen LogP contribution in [0.2, 0.25) is 0 Å². The molecule has 5 heteroatoms. The quantitative estimate of drug-likeness (QED) is 0.911. The van der Waals surface area contributed by atoms with E-state index < -0.39 is 0 Å². The average Bonchev–Trinajstić information content (AvgIpc) is 2.76. The van der Waals surface area contributed by atoms with E-state index in [0.717, 1.165) is 0 Å². The van der Waals surface area contributed by atoms with Gasteiger partial charge in [0.1, 0.15) is 23.9 Å². The van der Waals surface area contributed by atoms with Crippen molar-refractivity contribution >= 4 is 21.6 Å². The molecular weight excluding hydrogens is 289 g/mol. The van der Waals surface area contributed by atoms with Gasteiger partial charge in [-0.25, -0.2) is 4.39 Å². The second-order valence-corrected chi connectivity index (χ2v) is 4.33. The lowest BCUT2D eigenvalue weighted by Crippen LogP contribution is -2.01. The summed E-state index contributed by atoms with van der Waals surface area (Å²) >= 11 is 3.27. The number of hydrogen-bond acceptors (Lipinski definition) is 3. The van der Waals surface area contributed by atoms with Gasteiger partial charge in [0.05, 0.1) is 12.2 Å². The number of anilines is 1. The van der Waals surface area contributed by atoms with Crippen LogP contribution < -0.4 is 5.32 Å². The Hall–Kier alpha value is -1.33. The highest BCUT2D eigenvalue weighted by Gasteiger charge is 2.07. The molecule has 0 saturated heterocycles. The molecule has 1 aromatic carbocycles. The van der Waals surface area contributed by atoms with E-state index in [2.05, 4.69) is 21.2 Å². The highest BCUT2D eigenvalue weighted by Crippen LogP contribution is 2.25. The maximum Gasteiger partial charge on any atom is 0.147 e. The van der Waals surface area contributed by atoms with Gasteiger partial charge < -0.3 is 14.8 Å². The highest BCUT2D eigenvalue weighted by molar-refractivity contribution is 9.10. The number of para-hydroxylation sites is 1. The smallest absolute Gasteiger partial charge is 0.147 e. The van der Waals surface area contributed by atoms with Crippen LogP contribution in [-0.2, 0) is 13.2 Å². The molecule has 1 heterocycles. The van der Waals surface area contributed by atoms with Gasteiger partial charge in [0.2, 0.25) is 0 Å². The Bertz CT molecular complexity index is 493. The van der Waals surface area contributed by atoms with Crippen LogP contribution in [-0.4, -0.2) is 5.11 Å². The summed E-state index contributed by atoms with van der Waals surface area (Å²) in [5.74, 6) is 0.812. The maximum absolute atomic E-state index is 13.5. The van der Waals surface area contributed by atoms with Gasteiger partial charge >= 0.3 is 0 Å². The van der Waals surface area contributed by atoms with Crippen molar-refractivity contribution in [1.82, 2.24) is 0 Å². The van der Waals surface area contributed by atoms with Gasteiger partial charge in [-0.05, 0) is 40.2 Å². The van der Waals surface area contributed by atoms with E-state index >= 15 is 0 Å². The molecule has 0 aliphatic heterocycles. The summed E-state index contributed by atoms with van der Waals surface area (Å²) in [6, 6.07) is 8.20. The van der Waals surface area contributed by atoms with Crippen LogP contribution in [0.3, 0.4) is 0 Å². The topological polar surface area (TPSA) is 45.4 Å². The Morgan fingerprint density at radius 3 is 2.65 bits per heavy atom. The van der Waals surface area contributed by atoms with E-state index in [0.29, 0.717) is 28.2 Å². The molecule has 1 aromatic heterocycles. The van der Waals surface area contributed by atoms with E-state index in [1.165, 1.54) is 6.07 Å². The minimum atomic E-state index is -0.326. The van der Waals surface area contributed by atoms with E-state index in [1.54, 1.807) is 24.3 Å². The van der Waals surface area contributed by atoms with Gasteiger partial charge in [0, 0.05) is 4.47 Å². The lowest BCUT2D eigenvalue weighted by Gasteiger charge is -2.07. The summed E-state index contributed by atoms with van der Waals surface area (Å²) in [5, 5.41) is 11.8. The summed E-state index contributed by atoms with van der Waals surface area (Å²) in [7, 11) is 0. The van der Waals surface area contributed by atoms with Crippen molar-refractivity contribution in [3.05, 3.63) is 52.1 Å². The molecule has 2 rings (SSSR count). The summed E-state index contributed by atoms with van der Waals surface area (Å²) < 4.78 is 19.4. The summed E-state index contributed by atoms with van der Waals surface area (Å²) in [5.41, 5.74) is 0.398. The Kier molecular flexibility index (Phi) is 3.81. The largest absolute Gasteiger partial charge is 0.462 e. The van der Waals surface area contributed by atoms with Gasteiger partial charge in [0.15, 0.2) is 0 Å². The third-order valence-corrected chi connectivity index (χ3v) is 2.94. The van der Waals surface area contributed by atoms with Gasteiger partial charge in [-0.1, -0.05) is 6.07 Å². The van der Waals surface area contributed by atoms with Crippen LogP contribution in [0.1, 0.15) is 11.5 Å². The molecule has 0 aliphatic carbocycles. The number of furan rings is 1. The van der Waals surface area contributed by atoms with Crippen molar-refractivity contribution < 1.29 is 13.9 Å². The summed E-state index contributed by atoms with van der Waals surface area (Å²) in [6.07, 6.45) is 0. The zero-order valence-corrected chi connectivity index (χ0v) is 10.5. The first-order valence-electron chi connectivity index (χ1n) is 5.07. The molecule has 3 nitrogen and oxygen atoms in total. The van der Waals surface area contributed by atoms with Crippen molar-refractivity contribution in [2.75, 3.05) is 5.32 Å². The SMILES string of the molecule is OCc1ccc(CNc2c(F)cccc2Br)o1. The molecule has 90 valence electrons. The Balaban J connectivity index is 2.07. The zero-order chi connectivity index (χ0) is 12.3. The molecule has 0 bridgehead atoms. The molecule has 0 unspecified atom stereocenters. The number of rotatable bonds is 4. The average molecular weight is 300 g/mol. The second-order valence-electron chi connectivity index (χ2n) is 3.48. The number of nitrogens with one attached hydrogen (secondary N) is 1. The van der Waals surface area contributed by atoms with Crippen LogP contribution in [0.5, 0.6) is 0 Å². The molecule has 17 heavy (non-hydrogen) atoms. The first-order chi connectivity index (χ1) is 8.20. The Labute approximate surface area is 106 Å². The van der Waals surface area contributed by atoms with E-state index in [4.69, 9.17) is 9.52 Å². The van der Waals surface area contributed by atoms with E-state index in [1.807, 2.05) is 0 Å². The second kappa shape index (κ2) is 5.33. The molecule has 0 amide bonds. The third-order valence-electron chi connectivity index (χ3n) is 2.28. The Morgan fingerprint density at radius 1 is 1.24 bits per heavy atom. The van der Waals surface area contributed by atoms with Crippen LogP contribution >= 0.6 is 15.9 Å². The number of halogens is 2. The minimum absolute atomic E-state index is 0.136. The lowest BCUT2D eigenvalue weighted by atomic mass is 10.3. The standard InChI is InChI=1S/C12H11BrFNO2/c13-10-2-1-3-11(14)12(10)15-6-8-4-5-9(7-16)17-8/h1-5,15-16H,6-7H2. The van der Waals surface area contributed by atoms with Crippen molar-refractivity contribution in [3.8, 4) is 0 Å². The number of benzene rings is 1. The molecule has 0 spiro atoms. The van der Waals surface area contributed by atoms with Gasteiger partial charge in [0.25, 0.3) is 0 Å². The number of aliphatic hydroxyl groups is 1. The number of hydrogen-bond donors (Lipinski definition) is 2. The normalized spacial score (nSPS) is 10.5. The predicted octanol–water partition coefficient (Wildman–Crippen LogP) is 3.29. The summed E-state index contributed by atoms with van der Waals surface area (Å²) in [4.78, 5) is 0.